The maximum absolute atomic E-state index is 10.5. The van der Waals surface area contributed by atoms with E-state index in [-0.39, 0.29) is 0 Å². The third-order valence-electron chi connectivity index (χ3n) is 0.789. The van der Waals surface area contributed by atoms with Crippen LogP contribution in [0.2, 0.25) is 0 Å². The van der Waals surface area contributed by atoms with Gasteiger partial charge < -0.3 is 0 Å². The van der Waals surface area contributed by atoms with Crippen molar-refractivity contribution in [3.05, 3.63) is 24.4 Å². The molecule has 1 rings (SSSR count). The Bertz CT molecular complexity index is 213. The Balaban J connectivity index is 2.80. The van der Waals surface area contributed by atoms with E-state index < -0.39 is 6.03 Å². The van der Waals surface area contributed by atoms with E-state index >= 15 is 0 Å². The lowest BCUT2D eigenvalue weighted by atomic mass is 10.5. The molecule has 0 aromatic heterocycles. The lowest BCUT2D eigenvalue weighted by Gasteiger charge is -1.74. The third-order valence-corrected chi connectivity index (χ3v) is 0.789. The van der Waals surface area contributed by atoms with Gasteiger partial charge in [0.15, 0.2) is 0 Å². The van der Waals surface area contributed by atoms with Gasteiger partial charge in [-0.3, -0.25) is 0 Å². The van der Waals surface area contributed by atoms with Gasteiger partial charge in [0.2, 0.25) is 0 Å². The zero-order chi connectivity index (χ0) is 7.23. The molecule has 1 aliphatic rings. The van der Waals surface area contributed by atoms with Crippen molar-refractivity contribution < 1.29 is 4.79 Å². The van der Waals surface area contributed by atoms with Crippen LogP contribution in [0.1, 0.15) is 0 Å². The number of carbonyl (C=O) groups excluding carboxylic acids is 1. The van der Waals surface area contributed by atoms with Crippen LogP contribution in [0.5, 0.6) is 0 Å². The molecule has 0 atom stereocenters. The van der Waals surface area contributed by atoms with Crippen LogP contribution in [0, 0.1) is 0 Å². The molecule has 0 radical (unpaired) electrons. The van der Waals surface area contributed by atoms with Crippen LogP contribution in [0.15, 0.2) is 39.6 Å². The van der Waals surface area contributed by atoms with Gasteiger partial charge in [-0.15, -0.1) is 0 Å². The van der Waals surface area contributed by atoms with E-state index in [1.54, 1.807) is 18.2 Å². The smallest absolute Gasteiger partial charge is 0.242 e. The zero-order valence-corrected chi connectivity index (χ0v) is 5.14. The molecule has 2 amide bonds. The molecule has 0 N–H and O–H groups in total. The van der Waals surface area contributed by atoms with E-state index in [0.29, 0.717) is 0 Å². The number of azo groups is 1. The van der Waals surface area contributed by atoms with E-state index in [0.717, 1.165) is 0 Å². The van der Waals surface area contributed by atoms with Gasteiger partial charge in [0.05, 0.1) is 0 Å². The first-order valence-electron chi connectivity index (χ1n) is 2.70. The highest BCUT2D eigenvalue weighted by atomic mass is 16.2. The summed E-state index contributed by atoms with van der Waals surface area (Å²) in [6, 6.07) is -0.587. The van der Waals surface area contributed by atoms with Crippen LogP contribution in [0.3, 0.4) is 0 Å². The van der Waals surface area contributed by atoms with Crippen LogP contribution in [-0.4, -0.2) is 12.2 Å². The maximum Gasteiger partial charge on any atom is 0.385 e. The highest BCUT2D eigenvalue weighted by Gasteiger charge is 1.88. The lowest BCUT2D eigenvalue weighted by Crippen LogP contribution is -1.80. The highest BCUT2D eigenvalue weighted by Crippen LogP contribution is 1.88. The molecule has 10 heavy (non-hydrogen) atoms. The number of rotatable bonds is 0. The number of carbonyl (C=O) groups is 1. The van der Waals surface area contributed by atoms with Crippen molar-refractivity contribution in [3.8, 4) is 0 Å². The number of amides is 2. The number of nitrogens with zero attached hydrogens (tertiary/aromatic N) is 3. The molecule has 1 heterocycles. The average molecular weight is 135 g/mol. The van der Waals surface area contributed by atoms with Crippen LogP contribution < -0.4 is 0 Å². The quantitative estimate of drug-likeness (QED) is 0.498. The Morgan fingerprint density at radius 3 is 3.00 bits per heavy atom. The van der Waals surface area contributed by atoms with Crippen LogP contribution in [0.4, 0.5) is 4.79 Å². The summed E-state index contributed by atoms with van der Waals surface area (Å²) in [4.78, 5) is 13.9. The second-order valence-corrected chi connectivity index (χ2v) is 1.50. The second-order valence-electron chi connectivity index (χ2n) is 1.50. The number of hydrogen-bond donors (Lipinski definition) is 0. The molecular formula is C6H5N3O. The van der Waals surface area contributed by atoms with E-state index in [2.05, 4.69) is 15.2 Å². The lowest BCUT2D eigenvalue weighted by molar-refractivity contribution is 0.256. The topological polar surface area (TPSA) is 54.1 Å². The van der Waals surface area contributed by atoms with Gasteiger partial charge in [0.1, 0.15) is 0 Å². The molecule has 0 saturated heterocycles. The molecule has 0 aromatic rings. The van der Waals surface area contributed by atoms with Gasteiger partial charge in [-0.1, -0.05) is 11.2 Å². The van der Waals surface area contributed by atoms with Gasteiger partial charge in [-0.2, -0.15) is 10.1 Å². The minimum absolute atomic E-state index is 0.587. The summed E-state index contributed by atoms with van der Waals surface area (Å²) in [6.07, 6.45) is 7.79. The fourth-order valence-electron chi connectivity index (χ4n) is 0.417. The van der Waals surface area contributed by atoms with Gasteiger partial charge in [0, 0.05) is 12.4 Å². The number of hydrogen-bond acceptors (Lipinski definition) is 2. The third kappa shape index (κ3) is 2.13. The monoisotopic (exact) mass is 135 g/mol. The minimum atomic E-state index is -0.587. The first-order chi connectivity index (χ1) is 4.89. The summed E-state index contributed by atoms with van der Waals surface area (Å²) < 4.78 is 0. The average Bonchev–Trinajstić information content (AvgIpc) is 2.02. The number of urea groups is 1. The van der Waals surface area contributed by atoms with Crippen molar-refractivity contribution in [2.75, 3.05) is 0 Å². The first-order valence-corrected chi connectivity index (χ1v) is 2.70. The molecule has 0 fully saturated rings. The molecular weight excluding hydrogens is 130 g/mol. The zero-order valence-electron chi connectivity index (χ0n) is 5.14. The Hall–Kier alpha value is -1.58. The fourth-order valence-corrected chi connectivity index (χ4v) is 0.417. The van der Waals surface area contributed by atoms with Crippen molar-refractivity contribution in [1.82, 2.24) is 0 Å². The molecule has 0 aromatic carbocycles. The van der Waals surface area contributed by atoms with Crippen LogP contribution >= 0.6 is 0 Å². The molecule has 0 aliphatic carbocycles. The van der Waals surface area contributed by atoms with Crippen molar-refractivity contribution in [2.45, 2.75) is 0 Å². The molecule has 50 valence electrons. The summed E-state index contributed by atoms with van der Waals surface area (Å²) in [5.41, 5.74) is 0. The molecule has 4 nitrogen and oxygen atoms in total. The number of aliphatic imine (C=N–C) groups is 1. The van der Waals surface area contributed by atoms with Gasteiger partial charge in [0.25, 0.3) is 0 Å². The van der Waals surface area contributed by atoms with E-state index in [1.165, 1.54) is 12.4 Å². The summed E-state index contributed by atoms with van der Waals surface area (Å²) in [5.74, 6) is 0. The van der Waals surface area contributed by atoms with Crippen molar-refractivity contribution in [3.63, 3.8) is 0 Å². The van der Waals surface area contributed by atoms with Crippen LogP contribution in [-0.2, 0) is 0 Å². The summed E-state index contributed by atoms with van der Waals surface area (Å²) in [6.45, 7) is 0. The fraction of sp³-hybridized carbons (Fsp3) is 0. The van der Waals surface area contributed by atoms with Crippen LogP contribution in [0.25, 0.3) is 0 Å². The predicted molar refractivity (Wildman–Crippen MR) is 37.0 cm³/mol. The van der Waals surface area contributed by atoms with Crippen molar-refractivity contribution in [1.29, 1.82) is 0 Å². The normalized spacial score (nSPS) is 23.0. The second kappa shape index (κ2) is 3.45. The Morgan fingerprint density at radius 1 is 1.20 bits per heavy atom. The van der Waals surface area contributed by atoms with E-state index in [1.807, 2.05) is 0 Å². The standard InChI is InChI=1S/C6H5N3O/c10-6-7-4-2-1-3-5-8-9-6/h1-5H/b2-1-,5-3-,7-4?,9-8?. The van der Waals surface area contributed by atoms with E-state index in [4.69, 9.17) is 0 Å². The molecule has 0 bridgehead atoms. The van der Waals surface area contributed by atoms with Gasteiger partial charge >= 0.3 is 6.03 Å². The largest absolute Gasteiger partial charge is 0.385 e. The van der Waals surface area contributed by atoms with Crippen molar-refractivity contribution in [2.24, 2.45) is 15.2 Å². The molecule has 0 unspecified atom stereocenters. The first kappa shape index (κ1) is 6.54. The maximum atomic E-state index is 10.5. The molecule has 1 aliphatic heterocycles. The van der Waals surface area contributed by atoms with Gasteiger partial charge in [-0.25, -0.2) is 4.79 Å². The molecule has 4 heteroatoms. The number of allylic oxidation sites excluding steroid dienone is 3. The highest BCUT2D eigenvalue weighted by molar-refractivity contribution is 5.87. The van der Waals surface area contributed by atoms with Gasteiger partial charge in [-0.05, 0) is 12.2 Å². The van der Waals surface area contributed by atoms with Crippen molar-refractivity contribution >= 4 is 12.2 Å². The SMILES string of the molecule is O=C1N=C/C=C\C=C/N=N1. The summed E-state index contributed by atoms with van der Waals surface area (Å²) in [7, 11) is 0. The predicted octanol–water partition coefficient (Wildman–Crippen LogP) is 1.71. The Morgan fingerprint density at radius 2 is 2.10 bits per heavy atom. The Labute approximate surface area is 57.7 Å². The minimum Gasteiger partial charge on any atom is -0.242 e. The van der Waals surface area contributed by atoms with E-state index in [9.17, 15) is 4.79 Å². The molecule has 0 saturated carbocycles. The summed E-state index contributed by atoms with van der Waals surface area (Å²) >= 11 is 0. The Kier molecular flexibility index (Phi) is 2.25. The summed E-state index contributed by atoms with van der Waals surface area (Å²) in [5, 5.41) is 6.61. The molecule has 0 spiro atoms.